The summed E-state index contributed by atoms with van der Waals surface area (Å²) in [4.78, 5) is 0. The Hall–Kier alpha value is -0.240. The second-order valence-electron chi connectivity index (χ2n) is 4.93. The highest BCUT2D eigenvalue weighted by atomic mass is 16.4. The molecule has 4 atom stereocenters. The van der Waals surface area contributed by atoms with Crippen LogP contribution in [-0.2, 0) is 0 Å². The number of nitrogens with one attached hydrogen (secondary N) is 1. The predicted octanol–water partition coefficient (Wildman–Crippen LogP) is -2.19. The molecule has 0 fully saturated rings. The molecule has 6 N–H and O–H groups in total. The first-order valence-corrected chi connectivity index (χ1v) is 5.27. The molecule has 0 aliphatic heterocycles. The van der Waals surface area contributed by atoms with Crippen LogP contribution in [0.25, 0.3) is 0 Å². The molecule has 6 nitrogen and oxygen atoms in total. The Bertz CT molecular complexity index is 194. The van der Waals surface area contributed by atoms with Crippen molar-refractivity contribution in [2.24, 2.45) is 0 Å². The van der Waals surface area contributed by atoms with Gasteiger partial charge in [0.1, 0.15) is 18.3 Å². The molecule has 0 amide bonds. The molecule has 0 aromatic carbocycles. The van der Waals surface area contributed by atoms with Crippen molar-refractivity contribution >= 4 is 0 Å². The lowest BCUT2D eigenvalue weighted by atomic mass is 10.0. The zero-order valence-corrected chi connectivity index (χ0v) is 9.96. The van der Waals surface area contributed by atoms with E-state index in [1.54, 1.807) is 0 Å². The largest absolute Gasteiger partial charge is 0.394 e. The average molecular weight is 237 g/mol. The van der Waals surface area contributed by atoms with Gasteiger partial charge in [-0.15, -0.1) is 0 Å². The highest BCUT2D eigenvalue weighted by Crippen LogP contribution is 2.06. The molecule has 0 aromatic heterocycles. The Kier molecular flexibility index (Phi) is 6.39. The summed E-state index contributed by atoms with van der Waals surface area (Å²) in [5.41, 5.74) is -0.221. The quantitative estimate of drug-likeness (QED) is 0.313. The zero-order valence-electron chi connectivity index (χ0n) is 9.96. The standard InChI is InChI=1S/C10H23NO5/c1-10(2,3)11-4-6(13)8(15)9(16)7(14)5-12/h6-9,11-16H,4-5H2,1-3H3/t6-,7+,8+,9+/m0/s1. The van der Waals surface area contributed by atoms with E-state index in [0.717, 1.165) is 0 Å². The number of hydrogen-bond donors (Lipinski definition) is 6. The lowest BCUT2D eigenvalue weighted by molar-refractivity contribution is -0.114. The molecule has 0 bridgehead atoms. The summed E-state index contributed by atoms with van der Waals surface area (Å²) in [6.07, 6.45) is -5.74. The summed E-state index contributed by atoms with van der Waals surface area (Å²) in [7, 11) is 0. The van der Waals surface area contributed by atoms with Crippen LogP contribution in [0.3, 0.4) is 0 Å². The van der Waals surface area contributed by atoms with Crippen LogP contribution >= 0.6 is 0 Å². The van der Waals surface area contributed by atoms with Gasteiger partial charge in [0.25, 0.3) is 0 Å². The summed E-state index contributed by atoms with van der Waals surface area (Å²) >= 11 is 0. The minimum Gasteiger partial charge on any atom is -0.394 e. The highest BCUT2D eigenvalue weighted by Gasteiger charge is 2.30. The van der Waals surface area contributed by atoms with E-state index in [0.29, 0.717) is 0 Å². The molecule has 0 aromatic rings. The van der Waals surface area contributed by atoms with Gasteiger partial charge in [-0.3, -0.25) is 0 Å². The maximum atomic E-state index is 9.53. The highest BCUT2D eigenvalue weighted by molar-refractivity contribution is 4.83. The van der Waals surface area contributed by atoms with Crippen LogP contribution in [0.4, 0.5) is 0 Å². The normalized spacial score (nSPS) is 20.2. The van der Waals surface area contributed by atoms with E-state index in [4.69, 9.17) is 10.2 Å². The van der Waals surface area contributed by atoms with Gasteiger partial charge in [-0.25, -0.2) is 0 Å². The van der Waals surface area contributed by atoms with Crippen LogP contribution in [-0.4, -0.2) is 68.6 Å². The number of aliphatic hydroxyl groups is 5. The Balaban J connectivity index is 4.12. The van der Waals surface area contributed by atoms with Gasteiger partial charge in [0.05, 0.1) is 12.7 Å². The average Bonchev–Trinajstić information content (AvgIpc) is 2.21. The summed E-state index contributed by atoms with van der Waals surface area (Å²) < 4.78 is 0. The molecule has 0 unspecified atom stereocenters. The number of aliphatic hydroxyl groups excluding tert-OH is 5. The molecule has 0 heterocycles. The Morgan fingerprint density at radius 3 is 1.75 bits per heavy atom. The summed E-state index contributed by atoms with van der Waals surface area (Å²) in [6, 6.07) is 0. The summed E-state index contributed by atoms with van der Waals surface area (Å²) in [5.74, 6) is 0. The van der Waals surface area contributed by atoms with Gasteiger partial charge < -0.3 is 30.8 Å². The molecular formula is C10H23NO5. The van der Waals surface area contributed by atoms with E-state index < -0.39 is 31.0 Å². The first-order valence-electron chi connectivity index (χ1n) is 5.27. The van der Waals surface area contributed by atoms with Crippen molar-refractivity contribution in [2.45, 2.75) is 50.7 Å². The Labute approximate surface area is 95.5 Å². The Morgan fingerprint density at radius 1 is 0.938 bits per heavy atom. The van der Waals surface area contributed by atoms with Crippen LogP contribution in [0.2, 0.25) is 0 Å². The van der Waals surface area contributed by atoms with E-state index in [1.807, 2.05) is 20.8 Å². The molecule has 0 rings (SSSR count). The smallest absolute Gasteiger partial charge is 0.111 e. The van der Waals surface area contributed by atoms with Crippen molar-refractivity contribution in [1.29, 1.82) is 0 Å². The van der Waals surface area contributed by atoms with Gasteiger partial charge in [0, 0.05) is 12.1 Å². The van der Waals surface area contributed by atoms with Crippen LogP contribution in [0, 0.1) is 0 Å². The van der Waals surface area contributed by atoms with E-state index in [1.165, 1.54) is 0 Å². The topological polar surface area (TPSA) is 113 Å². The molecule has 16 heavy (non-hydrogen) atoms. The van der Waals surface area contributed by atoms with Crippen molar-refractivity contribution in [1.82, 2.24) is 5.32 Å². The van der Waals surface area contributed by atoms with Gasteiger partial charge >= 0.3 is 0 Å². The monoisotopic (exact) mass is 237 g/mol. The summed E-state index contributed by atoms with van der Waals surface area (Å²) in [6.45, 7) is 5.10. The molecule has 6 heteroatoms. The lowest BCUT2D eigenvalue weighted by Crippen LogP contribution is -2.51. The van der Waals surface area contributed by atoms with Crippen LogP contribution in [0.5, 0.6) is 0 Å². The molecule has 0 aliphatic carbocycles. The predicted molar refractivity (Wildman–Crippen MR) is 58.9 cm³/mol. The third-order valence-corrected chi connectivity index (χ3v) is 2.17. The van der Waals surface area contributed by atoms with E-state index in [-0.39, 0.29) is 12.1 Å². The third-order valence-electron chi connectivity index (χ3n) is 2.17. The van der Waals surface area contributed by atoms with E-state index in [2.05, 4.69) is 5.32 Å². The minimum absolute atomic E-state index is 0.0832. The first-order chi connectivity index (χ1) is 7.19. The molecule has 0 aliphatic rings. The van der Waals surface area contributed by atoms with Gasteiger partial charge in [0.15, 0.2) is 0 Å². The Morgan fingerprint density at radius 2 is 1.38 bits per heavy atom. The molecule has 0 saturated carbocycles. The van der Waals surface area contributed by atoms with E-state index >= 15 is 0 Å². The van der Waals surface area contributed by atoms with Gasteiger partial charge in [-0.2, -0.15) is 0 Å². The zero-order chi connectivity index (χ0) is 12.9. The fourth-order valence-electron chi connectivity index (χ4n) is 1.09. The van der Waals surface area contributed by atoms with Crippen LogP contribution in [0.15, 0.2) is 0 Å². The van der Waals surface area contributed by atoms with Crippen molar-refractivity contribution in [3.8, 4) is 0 Å². The molecule has 0 radical (unpaired) electrons. The number of rotatable bonds is 6. The molecule has 0 saturated heterocycles. The van der Waals surface area contributed by atoms with Crippen LogP contribution < -0.4 is 5.32 Å². The van der Waals surface area contributed by atoms with Gasteiger partial charge in [0.2, 0.25) is 0 Å². The first kappa shape index (κ1) is 15.8. The van der Waals surface area contributed by atoms with Crippen LogP contribution in [0.1, 0.15) is 20.8 Å². The second-order valence-corrected chi connectivity index (χ2v) is 4.93. The van der Waals surface area contributed by atoms with E-state index in [9.17, 15) is 15.3 Å². The van der Waals surface area contributed by atoms with Crippen molar-refractivity contribution in [2.75, 3.05) is 13.2 Å². The van der Waals surface area contributed by atoms with Crippen molar-refractivity contribution < 1.29 is 25.5 Å². The molecule has 0 spiro atoms. The number of hydrogen-bond acceptors (Lipinski definition) is 6. The van der Waals surface area contributed by atoms with Gasteiger partial charge in [-0.1, -0.05) is 0 Å². The second kappa shape index (κ2) is 6.48. The summed E-state index contributed by atoms with van der Waals surface area (Å²) in [5, 5.41) is 49.0. The maximum absolute atomic E-state index is 9.53. The van der Waals surface area contributed by atoms with Crippen molar-refractivity contribution in [3.05, 3.63) is 0 Å². The third kappa shape index (κ3) is 5.74. The fraction of sp³-hybridized carbons (Fsp3) is 1.00. The number of β-amino-alcohol motifs (C(OH)–C–C–N with tert-alkyl or cyclic N) is 1. The SMILES string of the molecule is CC(C)(C)NC[C@H](O)[C@@H](O)[C@H](O)[C@H](O)CO. The molecule has 98 valence electrons. The van der Waals surface area contributed by atoms with Gasteiger partial charge in [-0.05, 0) is 20.8 Å². The fourth-order valence-corrected chi connectivity index (χ4v) is 1.09. The minimum atomic E-state index is -1.57. The lowest BCUT2D eigenvalue weighted by Gasteiger charge is -2.28. The molecular weight excluding hydrogens is 214 g/mol. The van der Waals surface area contributed by atoms with Crippen molar-refractivity contribution in [3.63, 3.8) is 0 Å². The maximum Gasteiger partial charge on any atom is 0.111 e.